The molecule has 0 atom stereocenters. The molecule has 0 aliphatic carbocycles. The molecule has 0 aromatic heterocycles. The van der Waals surface area contributed by atoms with Gasteiger partial charge in [-0.2, -0.15) is 5.26 Å². The molecule has 5 nitrogen and oxygen atoms in total. The molecule has 23 heavy (non-hydrogen) atoms. The molecule has 2 rings (SSSR count). The van der Waals surface area contributed by atoms with Gasteiger partial charge in [-0.15, -0.1) is 0 Å². The van der Waals surface area contributed by atoms with Gasteiger partial charge in [0.15, 0.2) is 9.84 Å². The van der Waals surface area contributed by atoms with Crippen molar-refractivity contribution in [1.82, 2.24) is 4.90 Å². The highest BCUT2D eigenvalue weighted by Gasteiger charge is 2.20. The Hall–Kier alpha value is -2.65. The van der Waals surface area contributed by atoms with Gasteiger partial charge in [0.05, 0.1) is 22.1 Å². The zero-order valence-corrected chi connectivity index (χ0v) is 13.7. The number of hydrogen-bond acceptors (Lipinski definition) is 4. The van der Waals surface area contributed by atoms with Crippen LogP contribution >= 0.6 is 0 Å². The van der Waals surface area contributed by atoms with Gasteiger partial charge in [0.25, 0.3) is 5.91 Å². The highest BCUT2D eigenvalue weighted by atomic mass is 32.2. The summed E-state index contributed by atoms with van der Waals surface area (Å²) in [5.74, 6) is -0.365. The monoisotopic (exact) mass is 328 g/mol. The number of hydrogen-bond donors (Lipinski definition) is 0. The van der Waals surface area contributed by atoms with Crippen LogP contribution in [0.4, 0.5) is 0 Å². The quantitative estimate of drug-likeness (QED) is 0.862. The molecule has 0 saturated carbocycles. The molecule has 2 aromatic carbocycles. The van der Waals surface area contributed by atoms with E-state index < -0.39 is 9.84 Å². The molecule has 0 N–H and O–H groups in total. The van der Waals surface area contributed by atoms with Gasteiger partial charge in [0.1, 0.15) is 0 Å². The Balaban J connectivity index is 2.25. The number of sulfone groups is 1. The Bertz CT molecular complexity index is 865. The smallest absolute Gasteiger partial charge is 0.255 e. The number of rotatable bonds is 4. The summed E-state index contributed by atoms with van der Waals surface area (Å²) in [6, 6.07) is 15.1. The molecule has 0 heterocycles. The van der Waals surface area contributed by atoms with Crippen molar-refractivity contribution in [2.24, 2.45) is 0 Å². The van der Waals surface area contributed by atoms with E-state index >= 15 is 0 Å². The van der Waals surface area contributed by atoms with E-state index in [4.69, 9.17) is 5.26 Å². The fourth-order valence-corrected chi connectivity index (χ4v) is 3.08. The molecule has 0 unspecified atom stereocenters. The van der Waals surface area contributed by atoms with E-state index in [1.165, 1.54) is 17.0 Å². The summed E-state index contributed by atoms with van der Waals surface area (Å²) in [4.78, 5) is 14.0. The maximum absolute atomic E-state index is 12.5. The number of amides is 1. The Labute approximate surface area is 135 Å². The molecule has 0 fully saturated rings. The minimum absolute atomic E-state index is 0.0247. The van der Waals surface area contributed by atoms with Gasteiger partial charge in [-0.05, 0) is 29.8 Å². The lowest BCUT2D eigenvalue weighted by atomic mass is 10.1. The number of benzene rings is 2. The van der Waals surface area contributed by atoms with Gasteiger partial charge in [-0.1, -0.05) is 24.3 Å². The van der Waals surface area contributed by atoms with Crippen LogP contribution in [-0.4, -0.2) is 32.5 Å². The van der Waals surface area contributed by atoms with Crippen molar-refractivity contribution < 1.29 is 13.2 Å². The lowest BCUT2D eigenvalue weighted by Gasteiger charge is -2.18. The van der Waals surface area contributed by atoms with E-state index in [-0.39, 0.29) is 16.4 Å². The van der Waals surface area contributed by atoms with Crippen LogP contribution in [0, 0.1) is 11.3 Å². The molecular weight excluding hydrogens is 312 g/mol. The SMILES string of the molecule is CN(Cc1ccc(C#N)cc1)C(=O)c1ccccc1S(C)(=O)=O. The number of carbonyl (C=O) groups excluding carboxylic acids is 1. The fraction of sp³-hybridized carbons (Fsp3) is 0.176. The predicted octanol–water partition coefficient (Wildman–Crippen LogP) is 2.23. The average Bonchev–Trinajstić information content (AvgIpc) is 2.54. The average molecular weight is 328 g/mol. The van der Waals surface area contributed by atoms with Gasteiger partial charge < -0.3 is 4.90 Å². The molecular formula is C17H16N2O3S. The first-order valence-corrected chi connectivity index (χ1v) is 8.75. The van der Waals surface area contributed by atoms with E-state index in [0.29, 0.717) is 12.1 Å². The van der Waals surface area contributed by atoms with Gasteiger partial charge in [-0.3, -0.25) is 4.79 Å². The van der Waals surface area contributed by atoms with Crippen LogP contribution in [0.1, 0.15) is 21.5 Å². The van der Waals surface area contributed by atoms with Crippen LogP contribution in [0.3, 0.4) is 0 Å². The van der Waals surface area contributed by atoms with Crippen molar-refractivity contribution in [3.8, 4) is 6.07 Å². The first-order valence-electron chi connectivity index (χ1n) is 6.86. The van der Waals surface area contributed by atoms with Gasteiger partial charge in [0.2, 0.25) is 0 Å². The van der Waals surface area contributed by atoms with Gasteiger partial charge >= 0.3 is 0 Å². The minimum atomic E-state index is -3.48. The van der Waals surface area contributed by atoms with E-state index in [1.54, 1.807) is 43.4 Å². The number of carbonyl (C=O) groups is 1. The zero-order chi connectivity index (χ0) is 17.0. The van der Waals surface area contributed by atoms with Crippen LogP contribution in [0.2, 0.25) is 0 Å². The summed E-state index contributed by atoms with van der Waals surface area (Å²) < 4.78 is 23.6. The molecule has 0 bridgehead atoms. The van der Waals surface area contributed by atoms with Crippen LogP contribution in [0.25, 0.3) is 0 Å². The van der Waals surface area contributed by atoms with E-state index in [9.17, 15) is 13.2 Å². The Morgan fingerprint density at radius 1 is 1.13 bits per heavy atom. The van der Waals surface area contributed by atoms with Crippen LogP contribution in [0.15, 0.2) is 53.4 Å². The largest absolute Gasteiger partial charge is 0.337 e. The van der Waals surface area contributed by atoms with E-state index in [1.807, 2.05) is 6.07 Å². The van der Waals surface area contributed by atoms with Crippen molar-refractivity contribution in [3.63, 3.8) is 0 Å². The van der Waals surface area contributed by atoms with Crippen molar-refractivity contribution in [2.75, 3.05) is 13.3 Å². The third kappa shape index (κ3) is 3.96. The summed E-state index contributed by atoms with van der Waals surface area (Å²) in [5.41, 5.74) is 1.56. The lowest BCUT2D eigenvalue weighted by Crippen LogP contribution is -2.27. The predicted molar refractivity (Wildman–Crippen MR) is 86.5 cm³/mol. The molecule has 0 spiro atoms. The Morgan fingerprint density at radius 3 is 2.30 bits per heavy atom. The third-order valence-electron chi connectivity index (χ3n) is 3.37. The standard InChI is InChI=1S/C17H16N2O3S/c1-19(12-14-9-7-13(11-18)8-10-14)17(20)15-5-3-4-6-16(15)23(2,21)22/h3-10H,12H2,1-2H3. The Kier molecular flexibility index (Phi) is 4.82. The summed E-state index contributed by atoms with van der Waals surface area (Å²) in [6.07, 6.45) is 1.08. The topological polar surface area (TPSA) is 78.2 Å². The second-order valence-electron chi connectivity index (χ2n) is 5.24. The van der Waals surface area contributed by atoms with Crippen LogP contribution in [-0.2, 0) is 16.4 Å². The second kappa shape index (κ2) is 6.63. The van der Waals surface area contributed by atoms with Crippen molar-refractivity contribution >= 4 is 15.7 Å². The van der Waals surface area contributed by atoms with Crippen LogP contribution in [0.5, 0.6) is 0 Å². The van der Waals surface area contributed by atoms with Crippen LogP contribution < -0.4 is 0 Å². The number of nitrogens with zero attached hydrogens (tertiary/aromatic N) is 2. The van der Waals surface area contributed by atoms with Crippen molar-refractivity contribution in [2.45, 2.75) is 11.4 Å². The summed E-state index contributed by atoms with van der Waals surface area (Å²) in [6.45, 7) is 0.322. The molecule has 1 amide bonds. The maximum atomic E-state index is 12.5. The zero-order valence-electron chi connectivity index (χ0n) is 12.9. The highest BCUT2D eigenvalue weighted by molar-refractivity contribution is 7.90. The highest BCUT2D eigenvalue weighted by Crippen LogP contribution is 2.18. The molecule has 118 valence electrons. The third-order valence-corrected chi connectivity index (χ3v) is 4.52. The molecule has 0 aliphatic heterocycles. The molecule has 2 aromatic rings. The van der Waals surface area contributed by atoms with E-state index in [2.05, 4.69) is 0 Å². The van der Waals surface area contributed by atoms with Gasteiger partial charge in [0, 0.05) is 19.8 Å². The van der Waals surface area contributed by atoms with Gasteiger partial charge in [-0.25, -0.2) is 8.42 Å². The summed E-state index contributed by atoms with van der Waals surface area (Å²) in [5, 5.41) is 8.78. The second-order valence-corrected chi connectivity index (χ2v) is 7.22. The first kappa shape index (κ1) is 16.7. The minimum Gasteiger partial charge on any atom is -0.337 e. The lowest BCUT2D eigenvalue weighted by molar-refractivity contribution is 0.0781. The summed E-state index contributed by atoms with van der Waals surface area (Å²) in [7, 11) is -1.87. The molecule has 6 heteroatoms. The molecule has 0 aliphatic rings. The van der Waals surface area contributed by atoms with Crippen molar-refractivity contribution in [3.05, 3.63) is 65.2 Å². The number of nitriles is 1. The van der Waals surface area contributed by atoms with Crippen molar-refractivity contribution in [1.29, 1.82) is 5.26 Å². The molecule has 0 saturated heterocycles. The summed E-state index contributed by atoms with van der Waals surface area (Å²) >= 11 is 0. The maximum Gasteiger partial charge on any atom is 0.255 e. The van der Waals surface area contributed by atoms with E-state index in [0.717, 1.165) is 11.8 Å². The molecule has 0 radical (unpaired) electrons. The first-order chi connectivity index (χ1) is 10.8. The fourth-order valence-electron chi connectivity index (χ4n) is 2.20. The Morgan fingerprint density at radius 2 is 1.74 bits per heavy atom. The normalized spacial score (nSPS) is 10.8.